The Hall–Kier alpha value is -1.33. The summed E-state index contributed by atoms with van der Waals surface area (Å²) in [6.45, 7) is 6.75. The zero-order valence-corrected chi connectivity index (χ0v) is 13.8. The Morgan fingerprint density at radius 1 is 1.35 bits per heavy atom. The highest BCUT2D eigenvalue weighted by molar-refractivity contribution is 9.10. The topological polar surface area (TPSA) is 63.9 Å². The number of rotatable bonds is 4. The van der Waals surface area contributed by atoms with E-state index in [4.69, 9.17) is 10.5 Å². The molecule has 1 atom stereocenters. The number of imidazole rings is 1. The van der Waals surface area contributed by atoms with Crippen molar-refractivity contribution in [2.24, 2.45) is 5.73 Å². The van der Waals surface area contributed by atoms with Crippen LogP contribution in [0.4, 0.5) is 0 Å². The molecule has 3 N–H and O–H groups in total. The van der Waals surface area contributed by atoms with Crippen LogP contribution in [0.15, 0.2) is 16.9 Å². The minimum Gasteiger partial charge on any atom is -0.496 e. The Kier molecular flexibility index (Phi) is 4.50. The Morgan fingerprint density at radius 3 is 2.55 bits per heavy atom. The average Bonchev–Trinajstić information content (AvgIpc) is 2.83. The molecule has 2 rings (SSSR count). The molecule has 0 saturated carbocycles. The first-order valence-corrected chi connectivity index (χ1v) is 7.34. The lowest BCUT2D eigenvalue weighted by Gasteiger charge is -2.20. The number of ether oxygens (including phenoxy) is 1. The third kappa shape index (κ3) is 2.60. The van der Waals surface area contributed by atoms with E-state index in [0.29, 0.717) is 6.54 Å². The molecule has 1 aromatic carbocycles. The summed E-state index contributed by atoms with van der Waals surface area (Å²) in [5, 5.41) is 0. The van der Waals surface area contributed by atoms with Gasteiger partial charge in [-0.1, -0.05) is 6.07 Å². The summed E-state index contributed by atoms with van der Waals surface area (Å²) in [5.74, 6) is 1.89. The van der Waals surface area contributed by atoms with E-state index in [9.17, 15) is 0 Å². The van der Waals surface area contributed by atoms with E-state index in [1.54, 1.807) is 13.3 Å². The van der Waals surface area contributed by atoms with E-state index in [0.717, 1.165) is 27.3 Å². The van der Waals surface area contributed by atoms with Crippen LogP contribution in [-0.4, -0.2) is 23.6 Å². The Bertz CT molecular complexity index is 622. The van der Waals surface area contributed by atoms with Crippen molar-refractivity contribution in [1.82, 2.24) is 9.97 Å². The first kappa shape index (κ1) is 15.1. The van der Waals surface area contributed by atoms with Gasteiger partial charge in [-0.25, -0.2) is 4.98 Å². The number of H-pyrrole nitrogens is 1. The number of halogens is 1. The van der Waals surface area contributed by atoms with Crippen LogP contribution < -0.4 is 10.5 Å². The number of aromatic nitrogens is 2. The first-order valence-electron chi connectivity index (χ1n) is 6.54. The number of nitrogens with zero attached hydrogens (tertiary/aromatic N) is 1. The molecule has 108 valence electrons. The van der Waals surface area contributed by atoms with E-state index in [1.165, 1.54) is 11.1 Å². The highest BCUT2D eigenvalue weighted by Gasteiger charge is 2.21. The van der Waals surface area contributed by atoms with Crippen LogP contribution in [0.5, 0.6) is 5.75 Å². The van der Waals surface area contributed by atoms with Crippen molar-refractivity contribution in [2.75, 3.05) is 13.7 Å². The summed E-state index contributed by atoms with van der Waals surface area (Å²) >= 11 is 3.39. The Balaban J connectivity index is 2.56. The van der Waals surface area contributed by atoms with Crippen molar-refractivity contribution in [1.29, 1.82) is 0 Å². The van der Waals surface area contributed by atoms with E-state index in [1.807, 2.05) is 0 Å². The summed E-state index contributed by atoms with van der Waals surface area (Å²) in [5.41, 5.74) is 10.7. The molecule has 5 heteroatoms. The van der Waals surface area contributed by atoms with Gasteiger partial charge in [0.1, 0.15) is 16.2 Å². The number of nitrogens with two attached hydrogens (primary N) is 1. The van der Waals surface area contributed by atoms with Gasteiger partial charge in [-0.05, 0) is 59.0 Å². The smallest absolute Gasteiger partial charge is 0.124 e. The van der Waals surface area contributed by atoms with Crippen molar-refractivity contribution in [3.05, 3.63) is 44.9 Å². The highest BCUT2D eigenvalue weighted by Crippen LogP contribution is 2.34. The van der Waals surface area contributed by atoms with Gasteiger partial charge in [-0.3, -0.25) is 0 Å². The normalized spacial score (nSPS) is 12.5. The Labute approximate surface area is 127 Å². The first-order chi connectivity index (χ1) is 9.49. The molecule has 0 radical (unpaired) electrons. The summed E-state index contributed by atoms with van der Waals surface area (Å²) in [6, 6.07) is 2.15. The number of aromatic amines is 1. The number of benzene rings is 1. The summed E-state index contributed by atoms with van der Waals surface area (Å²) in [4.78, 5) is 7.61. The van der Waals surface area contributed by atoms with Crippen molar-refractivity contribution >= 4 is 15.9 Å². The predicted molar refractivity (Wildman–Crippen MR) is 84.4 cm³/mol. The second-order valence-electron chi connectivity index (χ2n) is 4.97. The molecule has 0 aliphatic rings. The molecular formula is C15H20BrN3O. The molecule has 1 heterocycles. The van der Waals surface area contributed by atoms with Crippen LogP contribution in [0, 0.1) is 20.8 Å². The van der Waals surface area contributed by atoms with Gasteiger partial charge in [0, 0.05) is 6.54 Å². The summed E-state index contributed by atoms with van der Waals surface area (Å²) in [6.07, 6.45) is 1.76. The number of methoxy groups -OCH3 is 1. The molecule has 0 aliphatic heterocycles. The predicted octanol–water partition coefficient (Wildman–Crippen LogP) is 3.20. The van der Waals surface area contributed by atoms with E-state index in [2.05, 4.69) is 52.7 Å². The molecule has 2 aromatic rings. The van der Waals surface area contributed by atoms with Gasteiger partial charge in [0.25, 0.3) is 0 Å². The van der Waals surface area contributed by atoms with Crippen LogP contribution >= 0.6 is 15.9 Å². The fourth-order valence-electron chi connectivity index (χ4n) is 2.64. The second-order valence-corrected chi connectivity index (χ2v) is 5.82. The molecular weight excluding hydrogens is 318 g/mol. The number of aryl methyl sites for hydroxylation is 1. The quantitative estimate of drug-likeness (QED) is 0.900. The van der Waals surface area contributed by atoms with Crippen molar-refractivity contribution < 1.29 is 4.74 Å². The molecule has 0 bridgehead atoms. The van der Waals surface area contributed by atoms with Crippen molar-refractivity contribution in [2.45, 2.75) is 26.7 Å². The van der Waals surface area contributed by atoms with Gasteiger partial charge >= 0.3 is 0 Å². The summed E-state index contributed by atoms with van der Waals surface area (Å²) < 4.78 is 6.34. The van der Waals surface area contributed by atoms with Gasteiger partial charge < -0.3 is 15.5 Å². The lowest BCUT2D eigenvalue weighted by atomic mass is 9.89. The molecule has 1 unspecified atom stereocenters. The molecule has 1 aromatic heterocycles. The third-order valence-corrected chi connectivity index (χ3v) is 4.18. The Morgan fingerprint density at radius 2 is 2.05 bits per heavy atom. The van der Waals surface area contributed by atoms with Crippen LogP contribution in [-0.2, 0) is 0 Å². The highest BCUT2D eigenvalue weighted by atomic mass is 79.9. The number of nitrogens with one attached hydrogen (secondary N) is 1. The standard InChI is InChI=1S/C15H20BrN3O/c1-8-5-11(9(2)10(3)14(8)20-4)12(6-17)15-18-7-13(16)19-15/h5,7,12H,6,17H2,1-4H3,(H,18,19). The zero-order chi connectivity index (χ0) is 14.9. The van der Waals surface area contributed by atoms with E-state index < -0.39 is 0 Å². The van der Waals surface area contributed by atoms with Crippen LogP contribution in [0.1, 0.15) is 34.0 Å². The van der Waals surface area contributed by atoms with Crippen LogP contribution in [0.2, 0.25) is 0 Å². The van der Waals surface area contributed by atoms with Gasteiger partial charge in [0.2, 0.25) is 0 Å². The molecule has 4 nitrogen and oxygen atoms in total. The van der Waals surface area contributed by atoms with E-state index in [-0.39, 0.29) is 5.92 Å². The van der Waals surface area contributed by atoms with Gasteiger partial charge in [-0.2, -0.15) is 0 Å². The molecule has 20 heavy (non-hydrogen) atoms. The minimum atomic E-state index is 0.0598. The second kappa shape index (κ2) is 5.97. The van der Waals surface area contributed by atoms with Crippen LogP contribution in [0.25, 0.3) is 0 Å². The maximum atomic E-state index is 5.98. The number of hydrogen-bond acceptors (Lipinski definition) is 3. The zero-order valence-electron chi connectivity index (χ0n) is 12.2. The van der Waals surface area contributed by atoms with Gasteiger partial charge in [0.05, 0.1) is 19.2 Å². The monoisotopic (exact) mass is 337 g/mol. The molecule has 0 spiro atoms. The fraction of sp³-hybridized carbons (Fsp3) is 0.400. The molecule has 0 fully saturated rings. The van der Waals surface area contributed by atoms with Crippen molar-refractivity contribution in [3.8, 4) is 5.75 Å². The number of hydrogen-bond donors (Lipinski definition) is 2. The minimum absolute atomic E-state index is 0.0598. The van der Waals surface area contributed by atoms with Gasteiger partial charge in [0.15, 0.2) is 0 Å². The molecule has 0 aliphatic carbocycles. The fourth-order valence-corrected chi connectivity index (χ4v) is 2.95. The third-order valence-electron chi connectivity index (χ3n) is 3.78. The maximum absolute atomic E-state index is 5.98. The summed E-state index contributed by atoms with van der Waals surface area (Å²) in [7, 11) is 1.71. The van der Waals surface area contributed by atoms with Crippen molar-refractivity contribution in [3.63, 3.8) is 0 Å². The van der Waals surface area contributed by atoms with Crippen LogP contribution in [0.3, 0.4) is 0 Å². The average molecular weight is 338 g/mol. The molecule has 0 amide bonds. The lowest BCUT2D eigenvalue weighted by Crippen LogP contribution is -2.17. The maximum Gasteiger partial charge on any atom is 0.124 e. The molecule has 0 saturated heterocycles. The van der Waals surface area contributed by atoms with E-state index >= 15 is 0 Å². The largest absolute Gasteiger partial charge is 0.496 e. The van der Waals surface area contributed by atoms with Gasteiger partial charge in [-0.15, -0.1) is 0 Å². The SMILES string of the molecule is COc1c(C)cc(C(CN)c2ncc(Br)[nH]2)c(C)c1C. The lowest BCUT2D eigenvalue weighted by molar-refractivity contribution is 0.408.